The fraction of sp³-hybridized carbons (Fsp3) is 0. The van der Waals surface area contributed by atoms with Crippen LogP contribution in [0.5, 0.6) is 0 Å². The van der Waals surface area contributed by atoms with Crippen molar-refractivity contribution in [3.8, 4) is 0 Å². The minimum absolute atomic E-state index is 0. The van der Waals surface area contributed by atoms with E-state index >= 15 is 0 Å². The monoisotopic (exact) mass is 864 g/mol. The molecular weight excluding hydrogens is 862 g/mol. The minimum atomic E-state index is 0. The summed E-state index contributed by atoms with van der Waals surface area (Å²) >= 11 is 0. The standard InChI is InChI=1S/Mn.Mo.Nb.Ni.Ru.Sc.Sr.Tc.Ti.Y.Zr.2H/q;;;;;;+2;;;;;2*-1. The van der Waals surface area contributed by atoms with Crippen LogP contribution in [0.3, 0.4) is 0 Å². The molecule has 0 unspecified atom stereocenters. The van der Waals surface area contributed by atoms with E-state index in [1.54, 1.807) is 0 Å². The molecule has 0 fully saturated rings. The van der Waals surface area contributed by atoms with Gasteiger partial charge in [0.15, 0.2) is 0 Å². The Labute approximate surface area is 263 Å². The average molecular weight is 864 g/mol. The summed E-state index contributed by atoms with van der Waals surface area (Å²) in [5, 5.41) is 0. The second-order valence-corrected chi connectivity index (χ2v) is 0. The van der Waals surface area contributed by atoms with Crippen molar-refractivity contribution in [3.63, 3.8) is 0 Å². The summed E-state index contributed by atoms with van der Waals surface area (Å²) < 4.78 is 0. The van der Waals surface area contributed by atoms with Gasteiger partial charge in [-0.05, 0) is 0 Å². The van der Waals surface area contributed by atoms with E-state index in [0.29, 0.717) is 0 Å². The largest absolute Gasteiger partial charge is 2.00 e. The van der Waals surface area contributed by atoms with Crippen LogP contribution in [0.15, 0.2) is 0 Å². The molecule has 0 aliphatic rings. The van der Waals surface area contributed by atoms with Gasteiger partial charge in [0, 0.05) is 223 Å². The van der Waals surface area contributed by atoms with E-state index in [1.165, 1.54) is 0 Å². The summed E-state index contributed by atoms with van der Waals surface area (Å²) in [6.07, 6.45) is 0. The molecule has 61 valence electrons. The Hall–Kier alpha value is 8.77. The Balaban J connectivity index is 0. The van der Waals surface area contributed by atoms with Crippen LogP contribution in [0, 0.1) is 0 Å². The third-order valence-corrected chi connectivity index (χ3v) is 0. The quantitative estimate of drug-likeness (QED) is 0.297. The van der Waals surface area contributed by atoms with Gasteiger partial charge in [0.25, 0.3) is 0 Å². The fourth-order valence-corrected chi connectivity index (χ4v) is 0. The van der Waals surface area contributed by atoms with Crippen LogP contribution in [0.1, 0.15) is 2.85 Å². The van der Waals surface area contributed by atoms with Crippen molar-refractivity contribution in [1.29, 1.82) is 0 Å². The van der Waals surface area contributed by atoms with Crippen molar-refractivity contribution in [1.82, 2.24) is 0 Å². The van der Waals surface area contributed by atoms with Crippen LogP contribution in [0.25, 0.3) is 0 Å². The number of hydrogen-bond donors (Lipinski definition) is 0. The normalized spacial score (nSPS) is 0. The van der Waals surface area contributed by atoms with Gasteiger partial charge >= 0.3 is 45.5 Å². The van der Waals surface area contributed by atoms with Gasteiger partial charge in [-0.25, -0.2) is 0 Å². The summed E-state index contributed by atoms with van der Waals surface area (Å²) in [6, 6.07) is 0. The molecule has 0 aliphatic carbocycles. The molecule has 0 heterocycles. The Morgan fingerprint density at radius 2 is 1.09 bits per heavy atom. The molecule has 0 aliphatic heterocycles. The SMILES string of the molecule is [H-].[H-].[Mn].[Mo].[Nb].[Ni].[Ru].[Sc].[Sr+2].[Tc].[Ti].[Y].[Zr]. The van der Waals surface area contributed by atoms with Gasteiger partial charge in [-0.2, -0.15) is 0 Å². The van der Waals surface area contributed by atoms with E-state index in [9.17, 15) is 0 Å². The Morgan fingerprint density at radius 3 is 1.09 bits per heavy atom. The maximum atomic E-state index is 0. The van der Waals surface area contributed by atoms with Crippen LogP contribution < -0.4 is 0 Å². The molecule has 0 N–H and O–H groups in total. The molecule has 0 aromatic carbocycles. The third kappa shape index (κ3) is 68.6. The van der Waals surface area contributed by atoms with Crippen molar-refractivity contribution in [2.24, 2.45) is 0 Å². The first kappa shape index (κ1) is 90.6. The second kappa shape index (κ2) is 77.1. The first-order valence-corrected chi connectivity index (χ1v) is 0. The maximum absolute atomic E-state index is 0. The van der Waals surface area contributed by atoms with Crippen LogP contribution in [0.2, 0.25) is 0 Å². The molecule has 0 spiro atoms. The molecule has 0 atom stereocenters. The molecule has 5 radical (unpaired) electrons. The van der Waals surface area contributed by atoms with Gasteiger partial charge < -0.3 is 2.85 Å². The molecule has 0 amide bonds. The zero-order valence-electron chi connectivity index (χ0n) is 7.14. The van der Waals surface area contributed by atoms with Crippen molar-refractivity contribution in [3.05, 3.63) is 0 Å². The molecule has 0 aromatic heterocycles. The van der Waals surface area contributed by atoms with E-state index in [2.05, 4.69) is 0 Å². The van der Waals surface area contributed by atoms with E-state index < -0.39 is 0 Å². The minimum Gasteiger partial charge on any atom is -1.00 e. The van der Waals surface area contributed by atoms with Crippen molar-refractivity contribution >= 4 is 45.5 Å². The summed E-state index contributed by atoms with van der Waals surface area (Å²) in [5.74, 6) is 0. The summed E-state index contributed by atoms with van der Waals surface area (Å²) in [6.45, 7) is 0. The summed E-state index contributed by atoms with van der Waals surface area (Å²) in [4.78, 5) is 0. The summed E-state index contributed by atoms with van der Waals surface area (Å²) in [5.41, 5.74) is 0. The molecule has 11 heteroatoms. The summed E-state index contributed by atoms with van der Waals surface area (Å²) in [7, 11) is 0. The molecular formula is H2MnMoNbNiRuScSrTcTiYZr. The van der Waals surface area contributed by atoms with E-state index in [1.807, 2.05) is 0 Å². The van der Waals surface area contributed by atoms with Crippen molar-refractivity contribution in [2.45, 2.75) is 0 Å². The number of hydrogen-bond acceptors (Lipinski definition) is 0. The van der Waals surface area contributed by atoms with Gasteiger partial charge in [0.1, 0.15) is 0 Å². The van der Waals surface area contributed by atoms with E-state index in [4.69, 9.17) is 0 Å². The Morgan fingerprint density at radius 1 is 1.09 bits per heavy atom. The molecule has 11 heavy (non-hydrogen) atoms. The Bertz CT molecular complexity index is 46.1. The van der Waals surface area contributed by atoms with E-state index in [-0.39, 0.29) is 271 Å². The van der Waals surface area contributed by atoms with Crippen LogP contribution >= 0.6 is 0 Å². The predicted molar refractivity (Wildman–Crippen MR) is 7.98 cm³/mol. The molecule has 0 nitrogen and oxygen atoms in total. The van der Waals surface area contributed by atoms with Gasteiger partial charge in [0.05, 0.1) is 0 Å². The van der Waals surface area contributed by atoms with Crippen molar-refractivity contribution in [2.75, 3.05) is 0 Å². The Kier molecular flexibility index (Phi) is 635. The molecule has 0 saturated carbocycles. The molecule has 0 saturated heterocycles. The van der Waals surface area contributed by atoms with Gasteiger partial charge in [-0.15, -0.1) is 0 Å². The third-order valence-electron chi connectivity index (χ3n) is 0. The van der Waals surface area contributed by atoms with Crippen LogP contribution in [-0.4, -0.2) is 45.5 Å². The first-order valence-electron chi connectivity index (χ1n) is 0. The predicted octanol–water partition coefficient (Wildman–Crippen LogP) is -0.181. The van der Waals surface area contributed by atoms with Gasteiger partial charge in [0.2, 0.25) is 0 Å². The van der Waals surface area contributed by atoms with Crippen molar-refractivity contribution < 1.29 is 226 Å². The zero-order chi connectivity index (χ0) is 0. The maximum Gasteiger partial charge on any atom is 2.00 e. The average Bonchev–Trinajstić information content (AvgIpc) is 0. The smallest absolute Gasteiger partial charge is 1.00 e. The zero-order valence-corrected chi connectivity index (χ0v) is 27.2. The topological polar surface area (TPSA) is 0 Å². The first-order chi connectivity index (χ1) is 0. The number of rotatable bonds is 0. The van der Waals surface area contributed by atoms with E-state index in [0.717, 1.165) is 0 Å². The van der Waals surface area contributed by atoms with Crippen LogP contribution in [0.4, 0.5) is 0 Å². The second-order valence-electron chi connectivity index (χ2n) is 0. The molecule has 0 aromatic rings. The molecule has 0 rings (SSSR count). The molecule has 0 bridgehead atoms. The van der Waals surface area contributed by atoms with Gasteiger partial charge in [-0.1, -0.05) is 0 Å². The fourth-order valence-electron chi connectivity index (χ4n) is 0. The van der Waals surface area contributed by atoms with Crippen LogP contribution in [-0.2, 0) is 223 Å². The van der Waals surface area contributed by atoms with Gasteiger partial charge in [-0.3, -0.25) is 0 Å².